The fourth-order valence-electron chi connectivity index (χ4n) is 5.90. The maximum absolute atomic E-state index is 14.6. The van der Waals surface area contributed by atoms with Crippen LogP contribution >= 0.6 is 0 Å². The van der Waals surface area contributed by atoms with E-state index < -0.39 is 30.1 Å². The number of piperidine rings is 1. The number of alkyl halides is 3. The van der Waals surface area contributed by atoms with Gasteiger partial charge in [-0.3, -0.25) is 4.79 Å². The topological polar surface area (TPSA) is 120 Å². The van der Waals surface area contributed by atoms with E-state index in [1.807, 2.05) is 71.6 Å². The first-order valence-electron chi connectivity index (χ1n) is 13.5. The summed E-state index contributed by atoms with van der Waals surface area (Å²) in [4.78, 5) is 23.1. The maximum atomic E-state index is 14.6. The van der Waals surface area contributed by atoms with E-state index in [2.05, 4.69) is 15.3 Å². The molecule has 2 aliphatic rings. The Bertz CT molecular complexity index is 1570. The molecule has 6 rings (SSSR count). The highest BCUT2D eigenvalue weighted by Crippen LogP contribution is 2.49. The largest absolute Gasteiger partial charge is 0.398 e. The number of fused-ring (bicyclic) bond motifs is 1. The third-order valence-corrected chi connectivity index (χ3v) is 7.90. The van der Waals surface area contributed by atoms with E-state index in [1.54, 1.807) is 0 Å². The molecule has 2 aliphatic heterocycles. The number of aliphatic hydroxyl groups is 1. The first-order valence-corrected chi connectivity index (χ1v) is 13.5. The molecule has 0 spiro atoms. The number of amides is 1. The van der Waals surface area contributed by atoms with Crippen molar-refractivity contribution in [1.82, 2.24) is 19.7 Å². The molecule has 2 aromatic heterocycles. The number of rotatable bonds is 5. The number of benzene rings is 2. The van der Waals surface area contributed by atoms with Crippen LogP contribution in [0.3, 0.4) is 0 Å². The van der Waals surface area contributed by atoms with Crippen molar-refractivity contribution in [2.45, 2.75) is 43.0 Å². The van der Waals surface area contributed by atoms with Crippen LogP contribution in [0.5, 0.6) is 0 Å². The minimum Gasteiger partial charge on any atom is -0.382 e. The molecule has 0 unspecified atom stereocenters. The number of carbonyl (C=O) groups excluding carboxylic acids is 1. The van der Waals surface area contributed by atoms with Crippen molar-refractivity contribution in [2.24, 2.45) is 0 Å². The minimum absolute atomic E-state index is 0.0549. The van der Waals surface area contributed by atoms with Gasteiger partial charge in [0.1, 0.15) is 35.8 Å². The lowest BCUT2D eigenvalue weighted by atomic mass is 9.82. The molecular weight excluding hydrogens is 547 g/mol. The first kappa shape index (κ1) is 27.4. The molecule has 0 bridgehead atoms. The lowest BCUT2D eigenvalue weighted by Crippen LogP contribution is -2.45. The number of nitrogens with one attached hydrogen (secondary N) is 1. The van der Waals surface area contributed by atoms with E-state index >= 15 is 0 Å². The number of hydrogen-bond acceptors (Lipinski definition) is 7. The summed E-state index contributed by atoms with van der Waals surface area (Å²) in [6.07, 6.45) is -3.38. The summed E-state index contributed by atoms with van der Waals surface area (Å²) in [7, 11) is 0. The van der Waals surface area contributed by atoms with Crippen LogP contribution in [0.4, 0.5) is 24.8 Å². The third kappa shape index (κ3) is 4.96. The number of nitrogens with zero attached hydrogens (tertiary/aromatic N) is 6. The van der Waals surface area contributed by atoms with Crippen molar-refractivity contribution < 1.29 is 23.1 Å². The van der Waals surface area contributed by atoms with Crippen LogP contribution in [-0.4, -0.2) is 56.1 Å². The standard InChI is InChI=1S/C30H26F3N7O2/c31-30(32,33)24-23-25(18-11-13-39(14-12-18)22-17-35-21(15-34)16-36-22)38-40(28(23)37-29(42)27(24)41)26(19-7-3-1-4-8-19)20-9-5-2-6-10-20/h1-10,16-18,24,26-27,41H,11-14H2,(H,37,42)/t24-,27-/m0/s1. The quantitative estimate of drug-likeness (QED) is 0.360. The Morgan fingerprint density at radius 2 is 1.60 bits per heavy atom. The summed E-state index contributed by atoms with van der Waals surface area (Å²) >= 11 is 0. The van der Waals surface area contributed by atoms with Gasteiger partial charge >= 0.3 is 6.18 Å². The first-order chi connectivity index (χ1) is 20.3. The molecule has 214 valence electrons. The molecule has 1 fully saturated rings. The number of hydrogen-bond donors (Lipinski definition) is 2. The number of aliphatic hydroxyl groups excluding tert-OH is 1. The Labute approximate surface area is 239 Å². The van der Waals surface area contributed by atoms with Gasteiger partial charge in [0.15, 0.2) is 5.69 Å². The summed E-state index contributed by atoms with van der Waals surface area (Å²) in [6, 6.07) is 19.8. The van der Waals surface area contributed by atoms with Gasteiger partial charge in [-0.25, -0.2) is 14.6 Å². The summed E-state index contributed by atoms with van der Waals surface area (Å²) < 4.78 is 45.2. The van der Waals surface area contributed by atoms with E-state index in [0.29, 0.717) is 31.7 Å². The molecule has 4 heterocycles. The van der Waals surface area contributed by atoms with Gasteiger partial charge in [0, 0.05) is 24.6 Å². The molecule has 2 N–H and O–H groups in total. The summed E-state index contributed by atoms with van der Waals surface area (Å²) in [6.45, 7) is 0.943. The number of anilines is 2. The highest BCUT2D eigenvalue weighted by molar-refractivity contribution is 5.97. The zero-order valence-corrected chi connectivity index (χ0v) is 22.2. The molecule has 9 nitrogen and oxygen atoms in total. The lowest BCUT2D eigenvalue weighted by molar-refractivity contribution is -0.177. The predicted molar refractivity (Wildman–Crippen MR) is 147 cm³/mol. The molecule has 0 radical (unpaired) electrons. The molecular formula is C30H26F3N7O2. The van der Waals surface area contributed by atoms with Gasteiger partial charge in [0.25, 0.3) is 5.91 Å². The number of aromatic nitrogens is 4. The van der Waals surface area contributed by atoms with E-state index in [4.69, 9.17) is 10.4 Å². The highest BCUT2D eigenvalue weighted by atomic mass is 19.4. The van der Waals surface area contributed by atoms with Crippen LogP contribution in [0, 0.1) is 11.3 Å². The second-order valence-electron chi connectivity index (χ2n) is 10.4. The molecule has 1 saturated heterocycles. The van der Waals surface area contributed by atoms with Gasteiger partial charge in [-0.2, -0.15) is 23.5 Å². The molecule has 2 atom stereocenters. The number of halogens is 3. The van der Waals surface area contributed by atoms with Gasteiger partial charge in [0.2, 0.25) is 0 Å². The Morgan fingerprint density at radius 1 is 0.976 bits per heavy atom. The van der Waals surface area contributed by atoms with Crippen LogP contribution in [0.1, 0.15) is 58.8 Å². The van der Waals surface area contributed by atoms with Crippen molar-refractivity contribution in [2.75, 3.05) is 23.3 Å². The zero-order valence-electron chi connectivity index (χ0n) is 22.2. The summed E-state index contributed by atoms with van der Waals surface area (Å²) in [5, 5.41) is 26.9. The van der Waals surface area contributed by atoms with Gasteiger partial charge < -0.3 is 15.3 Å². The summed E-state index contributed by atoms with van der Waals surface area (Å²) in [5.41, 5.74) is 1.77. The van der Waals surface area contributed by atoms with Gasteiger partial charge in [-0.15, -0.1) is 0 Å². The van der Waals surface area contributed by atoms with Gasteiger partial charge in [-0.1, -0.05) is 60.7 Å². The molecule has 1 amide bonds. The third-order valence-electron chi connectivity index (χ3n) is 7.90. The molecule has 0 saturated carbocycles. The minimum atomic E-state index is -4.89. The molecule has 0 aliphatic carbocycles. The normalized spacial score (nSPS) is 19.3. The number of nitriles is 1. The Morgan fingerprint density at radius 3 is 2.12 bits per heavy atom. The second kappa shape index (κ2) is 10.9. The predicted octanol–water partition coefficient (Wildman–Crippen LogP) is 4.53. The van der Waals surface area contributed by atoms with Crippen LogP contribution in [0.2, 0.25) is 0 Å². The molecule has 2 aromatic carbocycles. The van der Waals surface area contributed by atoms with Crippen LogP contribution in [-0.2, 0) is 4.79 Å². The lowest BCUT2D eigenvalue weighted by Gasteiger charge is -2.34. The van der Waals surface area contributed by atoms with Gasteiger partial charge in [-0.05, 0) is 24.0 Å². The second-order valence-corrected chi connectivity index (χ2v) is 10.4. The fraction of sp³-hybridized carbons (Fsp3) is 0.300. The average molecular weight is 574 g/mol. The van der Waals surface area contributed by atoms with Crippen molar-refractivity contribution in [3.05, 3.63) is 101 Å². The summed E-state index contributed by atoms with van der Waals surface area (Å²) in [5.74, 6) is -3.39. The maximum Gasteiger partial charge on any atom is 0.398 e. The van der Waals surface area contributed by atoms with Gasteiger partial charge in [0.05, 0.1) is 18.1 Å². The zero-order chi connectivity index (χ0) is 29.4. The van der Waals surface area contributed by atoms with E-state index in [-0.39, 0.29) is 28.7 Å². The fourth-order valence-corrected chi connectivity index (χ4v) is 5.90. The highest BCUT2D eigenvalue weighted by Gasteiger charge is 2.54. The SMILES string of the molecule is N#Cc1cnc(N2CCC(c3nn(C(c4ccccc4)c4ccccc4)c4c3[C@H](C(F)(F)F)[C@H](O)C(=O)N4)CC2)cn1. The Kier molecular flexibility index (Phi) is 7.12. The Hall–Kier alpha value is -4.76. The monoisotopic (exact) mass is 573 g/mol. The van der Waals surface area contributed by atoms with Crippen molar-refractivity contribution in [3.8, 4) is 6.07 Å². The number of carbonyl (C=O) groups is 1. The molecule has 12 heteroatoms. The van der Waals surface area contributed by atoms with Crippen molar-refractivity contribution >= 4 is 17.5 Å². The average Bonchev–Trinajstić information content (AvgIpc) is 3.36. The van der Waals surface area contributed by atoms with Crippen molar-refractivity contribution in [1.29, 1.82) is 5.26 Å². The van der Waals surface area contributed by atoms with Crippen LogP contribution in [0.25, 0.3) is 0 Å². The van der Waals surface area contributed by atoms with Crippen molar-refractivity contribution in [3.63, 3.8) is 0 Å². The van der Waals surface area contributed by atoms with E-state index in [0.717, 1.165) is 11.1 Å². The smallest absolute Gasteiger partial charge is 0.382 e. The van der Waals surface area contributed by atoms with Crippen LogP contribution in [0.15, 0.2) is 73.1 Å². The Balaban J connectivity index is 1.45. The van der Waals surface area contributed by atoms with E-state index in [1.165, 1.54) is 17.1 Å². The molecule has 4 aromatic rings. The molecule has 42 heavy (non-hydrogen) atoms. The van der Waals surface area contributed by atoms with Crippen LogP contribution < -0.4 is 10.2 Å². The van der Waals surface area contributed by atoms with E-state index in [9.17, 15) is 23.1 Å².